The molecule has 2 atom stereocenters. The zero-order valence-electron chi connectivity index (χ0n) is 8.84. The lowest BCUT2D eigenvalue weighted by molar-refractivity contribution is -0.122. The Morgan fingerprint density at radius 1 is 1.46 bits per heavy atom. The van der Waals surface area contributed by atoms with Gasteiger partial charge in [0.2, 0.25) is 5.91 Å². The van der Waals surface area contributed by atoms with Gasteiger partial charge in [-0.2, -0.15) is 0 Å². The zero-order chi connectivity index (χ0) is 10.3. The Balaban J connectivity index is 3.46. The van der Waals surface area contributed by atoms with Crippen LogP contribution in [-0.4, -0.2) is 23.7 Å². The van der Waals surface area contributed by atoms with Crippen molar-refractivity contribution in [2.45, 2.75) is 46.1 Å². The first kappa shape index (κ1) is 12.4. The van der Waals surface area contributed by atoms with Crippen LogP contribution in [0, 0.1) is 5.92 Å². The number of rotatable bonds is 6. The van der Waals surface area contributed by atoms with Crippen molar-refractivity contribution in [3.8, 4) is 0 Å². The molecule has 1 amide bonds. The highest BCUT2D eigenvalue weighted by atomic mass is 16.3. The average Bonchev–Trinajstić information content (AvgIpc) is 2.00. The molecule has 0 aromatic carbocycles. The number of nitrogens with one attached hydrogen (secondary N) is 1. The van der Waals surface area contributed by atoms with E-state index in [1.54, 1.807) is 6.92 Å². The topological polar surface area (TPSA) is 49.3 Å². The Hall–Kier alpha value is -0.570. The summed E-state index contributed by atoms with van der Waals surface area (Å²) in [6.07, 6.45) is 1.95. The second-order valence-corrected chi connectivity index (χ2v) is 3.75. The fraction of sp³-hybridized carbons (Fsp3) is 0.900. The fourth-order valence-corrected chi connectivity index (χ4v) is 1.22. The van der Waals surface area contributed by atoms with E-state index in [1.807, 2.05) is 0 Å². The zero-order valence-corrected chi connectivity index (χ0v) is 8.84. The van der Waals surface area contributed by atoms with Gasteiger partial charge in [-0.3, -0.25) is 4.79 Å². The molecule has 78 valence electrons. The van der Waals surface area contributed by atoms with Crippen molar-refractivity contribution >= 4 is 5.91 Å². The molecule has 0 aromatic heterocycles. The predicted octanol–water partition coefficient (Wildman–Crippen LogP) is 1.31. The Morgan fingerprint density at radius 2 is 2.08 bits per heavy atom. The van der Waals surface area contributed by atoms with Gasteiger partial charge in [0.1, 0.15) is 0 Å². The number of carbonyl (C=O) groups is 1. The molecule has 0 aromatic rings. The van der Waals surface area contributed by atoms with Gasteiger partial charge >= 0.3 is 0 Å². The van der Waals surface area contributed by atoms with Crippen molar-refractivity contribution in [1.82, 2.24) is 5.32 Å². The highest BCUT2D eigenvalue weighted by Crippen LogP contribution is 2.02. The summed E-state index contributed by atoms with van der Waals surface area (Å²) in [5.74, 6) is 0.473. The van der Waals surface area contributed by atoms with Gasteiger partial charge in [-0.15, -0.1) is 0 Å². The lowest BCUT2D eigenvalue weighted by atomic mass is 10.1. The van der Waals surface area contributed by atoms with Crippen LogP contribution in [0.1, 0.15) is 40.0 Å². The van der Waals surface area contributed by atoms with Crippen LogP contribution in [0.5, 0.6) is 0 Å². The van der Waals surface area contributed by atoms with E-state index in [1.165, 1.54) is 0 Å². The van der Waals surface area contributed by atoms with E-state index >= 15 is 0 Å². The Morgan fingerprint density at radius 3 is 2.54 bits per heavy atom. The van der Waals surface area contributed by atoms with Gasteiger partial charge in [-0.1, -0.05) is 20.3 Å². The van der Waals surface area contributed by atoms with Crippen molar-refractivity contribution in [1.29, 1.82) is 0 Å². The molecule has 0 aliphatic carbocycles. The van der Waals surface area contributed by atoms with Crippen LogP contribution < -0.4 is 5.32 Å². The molecule has 2 unspecified atom stereocenters. The van der Waals surface area contributed by atoms with E-state index in [-0.39, 0.29) is 12.3 Å². The molecule has 3 nitrogen and oxygen atoms in total. The van der Waals surface area contributed by atoms with Gasteiger partial charge in [0, 0.05) is 6.54 Å². The van der Waals surface area contributed by atoms with Gasteiger partial charge in [0.15, 0.2) is 0 Å². The third-order valence-corrected chi connectivity index (χ3v) is 1.91. The molecule has 0 aliphatic heterocycles. The van der Waals surface area contributed by atoms with Gasteiger partial charge in [0.25, 0.3) is 0 Å². The lowest BCUT2D eigenvalue weighted by Gasteiger charge is -2.11. The third-order valence-electron chi connectivity index (χ3n) is 1.91. The molecule has 2 N–H and O–H groups in total. The smallest absolute Gasteiger partial charge is 0.222 e. The number of aliphatic hydroxyl groups excluding tert-OH is 1. The lowest BCUT2D eigenvalue weighted by Crippen LogP contribution is -2.30. The van der Waals surface area contributed by atoms with E-state index < -0.39 is 6.10 Å². The third kappa shape index (κ3) is 7.78. The van der Waals surface area contributed by atoms with Crippen LogP contribution in [0.2, 0.25) is 0 Å². The summed E-state index contributed by atoms with van der Waals surface area (Å²) in [5, 5.41) is 11.7. The molecule has 0 aliphatic rings. The van der Waals surface area contributed by atoms with Gasteiger partial charge in [0.05, 0.1) is 12.5 Å². The molecule has 0 radical (unpaired) electrons. The molecule has 13 heavy (non-hydrogen) atoms. The van der Waals surface area contributed by atoms with Crippen molar-refractivity contribution in [2.75, 3.05) is 6.54 Å². The summed E-state index contributed by atoms with van der Waals surface area (Å²) < 4.78 is 0. The fourth-order valence-electron chi connectivity index (χ4n) is 1.22. The van der Waals surface area contributed by atoms with Gasteiger partial charge < -0.3 is 10.4 Å². The summed E-state index contributed by atoms with van der Waals surface area (Å²) in [6.45, 7) is 6.59. The van der Waals surface area contributed by atoms with E-state index in [2.05, 4.69) is 19.2 Å². The van der Waals surface area contributed by atoms with Crippen LogP contribution in [0.15, 0.2) is 0 Å². The van der Waals surface area contributed by atoms with E-state index in [0.29, 0.717) is 5.92 Å². The molecule has 0 spiro atoms. The molecule has 0 bridgehead atoms. The highest BCUT2D eigenvalue weighted by molar-refractivity contribution is 5.76. The quantitative estimate of drug-likeness (QED) is 0.658. The summed E-state index contributed by atoms with van der Waals surface area (Å²) in [7, 11) is 0. The minimum Gasteiger partial charge on any atom is -0.393 e. The van der Waals surface area contributed by atoms with Crippen molar-refractivity contribution in [2.24, 2.45) is 5.92 Å². The van der Waals surface area contributed by atoms with Crippen LogP contribution in [0.3, 0.4) is 0 Å². The summed E-state index contributed by atoms with van der Waals surface area (Å²) in [6, 6.07) is 0. The second-order valence-electron chi connectivity index (χ2n) is 3.75. The molecular formula is C10H21NO2. The predicted molar refractivity (Wildman–Crippen MR) is 53.4 cm³/mol. The van der Waals surface area contributed by atoms with Crippen molar-refractivity contribution in [3.05, 3.63) is 0 Å². The normalized spacial score (nSPS) is 15.1. The molecule has 0 saturated carbocycles. The average molecular weight is 187 g/mol. The van der Waals surface area contributed by atoms with E-state index in [9.17, 15) is 4.79 Å². The molecule has 0 saturated heterocycles. The minimum absolute atomic E-state index is 0.0575. The number of aliphatic hydroxyl groups is 1. The Labute approximate surface area is 80.5 Å². The van der Waals surface area contributed by atoms with Crippen LogP contribution in [0.4, 0.5) is 0 Å². The first-order chi connectivity index (χ1) is 6.06. The van der Waals surface area contributed by atoms with E-state index in [0.717, 1.165) is 19.4 Å². The molecular weight excluding hydrogens is 166 g/mol. The summed E-state index contributed by atoms with van der Waals surface area (Å²) in [4.78, 5) is 11.1. The molecule has 3 heteroatoms. The van der Waals surface area contributed by atoms with Crippen LogP contribution >= 0.6 is 0 Å². The maximum Gasteiger partial charge on any atom is 0.222 e. The Bertz CT molecular complexity index is 146. The SMILES string of the molecule is CCCC(C)CNC(=O)CC(C)O. The first-order valence-corrected chi connectivity index (χ1v) is 5.01. The number of carbonyl (C=O) groups excluding carboxylic acids is 1. The van der Waals surface area contributed by atoms with Gasteiger partial charge in [-0.25, -0.2) is 0 Å². The Kier molecular flexibility index (Phi) is 6.59. The number of hydrogen-bond donors (Lipinski definition) is 2. The summed E-state index contributed by atoms with van der Waals surface area (Å²) in [5.41, 5.74) is 0. The van der Waals surface area contributed by atoms with E-state index in [4.69, 9.17) is 5.11 Å². The number of hydrogen-bond acceptors (Lipinski definition) is 2. The standard InChI is InChI=1S/C10H21NO2/c1-4-5-8(2)7-11-10(13)6-9(3)12/h8-9,12H,4-7H2,1-3H3,(H,11,13). The van der Waals surface area contributed by atoms with Gasteiger partial charge in [-0.05, 0) is 19.3 Å². The van der Waals surface area contributed by atoms with Crippen LogP contribution in [-0.2, 0) is 4.79 Å². The maximum atomic E-state index is 11.1. The second kappa shape index (κ2) is 6.89. The van der Waals surface area contributed by atoms with Crippen molar-refractivity contribution in [3.63, 3.8) is 0 Å². The molecule has 0 fully saturated rings. The highest BCUT2D eigenvalue weighted by Gasteiger charge is 2.07. The minimum atomic E-state index is -0.540. The largest absolute Gasteiger partial charge is 0.393 e. The van der Waals surface area contributed by atoms with Crippen LogP contribution in [0.25, 0.3) is 0 Å². The molecule has 0 heterocycles. The van der Waals surface area contributed by atoms with Crippen molar-refractivity contribution < 1.29 is 9.90 Å². The maximum absolute atomic E-state index is 11.1. The summed E-state index contributed by atoms with van der Waals surface area (Å²) >= 11 is 0. The first-order valence-electron chi connectivity index (χ1n) is 5.01. The molecule has 0 rings (SSSR count). The monoisotopic (exact) mass is 187 g/mol. The number of amides is 1.